The lowest BCUT2D eigenvalue weighted by molar-refractivity contribution is 0.475. The lowest BCUT2D eigenvalue weighted by Crippen LogP contribution is -2.13. The van der Waals surface area contributed by atoms with E-state index in [1.54, 1.807) is 12.1 Å². The smallest absolute Gasteiger partial charge is 0.424 e. The summed E-state index contributed by atoms with van der Waals surface area (Å²) in [6.07, 6.45) is 4.63. The highest BCUT2D eigenvalue weighted by molar-refractivity contribution is 5.56. The number of oxazole rings is 1. The second kappa shape index (κ2) is 2.88. The topological polar surface area (TPSA) is 44.4 Å². The van der Waals surface area contributed by atoms with Gasteiger partial charge >= 0.3 is 5.76 Å². The standard InChI is InChI=1S/C11H7NO3/c13-11-12-8(7-15-11)5-6-14-10-4-2-1-3-9(10)12/h1-7H. The van der Waals surface area contributed by atoms with Crippen LogP contribution in [0.5, 0.6) is 5.75 Å². The van der Waals surface area contributed by atoms with E-state index >= 15 is 0 Å². The summed E-state index contributed by atoms with van der Waals surface area (Å²) in [5.74, 6) is 0.226. The van der Waals surface area contributed by atoms with E-state index in [0.29, 0.717) is 17.1 Å². The molecule has 1 aromatic carbocycles. The third-order valence-electron chi connectivity index (χ3n) is 2.26. The highest BCUT2D eigenvalue weighted by atomic mass is 16.5. The van der Waals surface area contributed by atoms with Crippen LogP contribution in [0.1, 0.15) is 5.69 Å². The van der Waals surface area contributed by atoms with Gasteiger partial charge in [-0.15, -0.1) is 0 Å². The Hall–Kier alpha value is -2.23. The van der Waals surface area contributed by atoms with Gasteiger partial charge in [-0.05, 0) is 12.1 Å². The zero-order valence-corrected chi connectivity index (χ0v) is 7.71. The molecule has 4 nitrogen and oxygen atoms in total. The largest absolute Gasteiger partial charge is 0.463 e. The molecule has 3 rings (SSSR count). The average Bonchev–Trinajstić information content (AvgIpc) is 2.52. The normalized spacial score (nSPS) is 12.5. The van der Waals surface area contributed by atoms with Gasteiger partial charge in [0, 0.05) is 6.08 Å². The van der Waals surface area contributed by atoms with Crippen molar-refractivity contribution in [3.63, 3.8) is 0 Å². The van der Waals surface area contributed by atoms with Crippen molar-refractivity contribution in [2.75, 3.05) is 0 Å². The van der Waals surface area contributed by atoms with E-state index in [9.17, 15) is 4.79 Å². The number of benzene rings is 1. The minimum atomic E-state index is -0.410. The summed E-state index contributed by atoms with van der Waals surface area (Å²) in [6, 6.07) is 7.30. The van der Waals surface area contributed by atoms with Crippen molar-refractivity contribution in [1.82, 2.24) is 4.57 Å². The Labute approximate surface area is 85.0 Å². The summed E-state index contributed by atoms with van der Waals surface area (Å²) in [5, 5.41) is 0. The first-order valence-corrected chi connectivity index (χ1v) is 4.49. The first-order chi connectivity index (χ1) is 7.36. The molecule has 0 atom stereocenters. The van der Waals surface area contributed by atoms with Crippen LogP contribution in [0.2, 0.25) is 0 Å². The van der Waals surface area contributed by atoms with Crippen LogP contribution in [0.25, 0.3) is 11.8 Å². The summed E-state index contributed by atoms with van der Waals surface area (Å²) in [5.41, 5.74) is 1.36. The van der Waals surface area contributed by atoms with Crippen LogP contribution < -0.4 is 10.5 Å². The van der Waals surface area contributed by atoms with Crippen LogP contribution in [0.4, 0.5) is 0 Å². The summed E-state index contributed by atoms with van der Waals surface area (Å²) in [4.78, 5) is 11.5. The molecule has 1 aliphatic rings. The van der Waals surface area contributed by atoms with Crippen LogP contribution in [0, 0.1) is 0 Å². The molecule has 0 bridgehead atoms. The van der Waals surface area contributed by atoms with Gasteiger partial charge in [-0.3, -0.25) is 0 Å². The number of rotatable bonds is 0. The molecule has 4 heteroatoms. The predicted octanol–water partition coefficient (Wildman–Crippen LogP) is 1.79. The first-order valence-electron chi connectivity index (χ1n) is 4.49. The molecule has 0 saturated carbocycles. The van der Waals surface area contributed by atoms with Gasteiger partial charge in [0.25, 0.3) is 0 Å². The van der Waals surface area contributed by atoms with E-state index in [1.807, 2.05) is 18.2 Å². The van der Waals surface area contributed by atoms with E-state index in [-0.39, 0.29) is 0 Å². The predicted molar refractivity (Wildman–Crippen MR) is 54.0 cm³/mol. The Morgan fingerprint density at radius 1 is 1.20 bits per heavy atom. The maximum absolute atomic E-state index is 11.5. The van der Waals surface area contributed by atoms with Crippen LogP contribution in [-0.4, -0.2) is 4.57 Å². The lowest BCUT2D eigenvalue weighted by atomic mass is 10.3. The number of nitrogens with zero attached hydrogens (tertiary/aromatic N) is 1. The molecular formula is C11H7NO3. The second-order valence-corrected chi connectivity index (χ2v) is 3.15. The summed E-state index contributed by atoms with van der Waals surface area (Å²) in [6.45, 7) is 0. The van der Waals surface area contributed by atoms with Gasteiger partial charge in [0.2, 0.25) is 0 Å². The molecule has 0 spiro atoms. The maximum Gasteiger partial charge on any atom is 0.424 e. The van der Waals surface area contributed by atoms with E-state index in [2.05, 4.69) is 0 Å². The van der Waals surface area contributed by atoms with Crippen LogP contribution in [-0.2, 0) is 0 Å². The molecule has 0 N–H and O–H groups in total. The molecule has 2 aromatic rings. The molecule has 0 unspecified atom stereocenters. The van der Waals surface area contributed by atoms with Crippen molar-refractivity contribution >= 4 is 6.08 Å². The zero-order valence-electron chi connectivity index (χ0n) is 7.71. The Morgan fingerprint density at radius 3 is 3.00 bits per heavy atom. The Morgan fingerprint density at radius 2 is 2.07 bits per heavy atom. The molecule has 0 saturated heterocycles. The fourth-order valence-corrected chi connectivity index (χ4v) is 1.59. The van der Waals surface area contributed by atoms with E-state index in [0.717, 1.165) is 0 Å². The van der Waals surface area contributed by atoms with Crippen LogP contribution in [0.3, 0.4) is 0 Å². The number of ether oxygens (including phenoxy) is 1. The molecule has 15 heavy (non-hydrogen) atoms. The van der Waals surface area contributed by atoms with Gasteiger partial charge in [-0.2, -0.15) is 0 Å². The van der Waals surface area contributed by atoms with Crippen molar-refractivity contribution in [2.24, 2.45) is 0 Å². The van der Waals surface area contributed by atoms with Gasteiger partial charge in [0.15, 0.2) is 5.75 Å². The molecular weight excluding hydrogens is 194 g/mol. The maximum atomic E-state index is 11.5. The van der Waals surface area contributed by atoms with Crippen molar-refractivity contribution in [3.8, 4) is 11.4 Å². The first kappa shape index (κ1) is 8.11. The monoisotopic (exact) mass is 201 g/mol. The van der Waals surface area contributed by atoms with E-state index < -0.39 is 5.76 Å². The fraction of sp³-hybridized carbons (Fsp3) is 0. The Balaban J connectivity index is 2.41. The highest BCUT2D eigenvalue weighted by Crippen LogP contribution is 2.25. The molecule has 0 radical (unpaired) electrons. The highest BCUT2D eigenvalue weighted by Gasteiger charge is 2.14. The summed E-state index contributed by atoms with van der Waals surface area (Å²) >= 11 is 0. The third-order valence-corrected chi connectivity index (χ3v) is 2.26. The molecule has 2 heterocycles. The average molecular weight is 201 g/mol. The number of hydrogen-bond donors (Lipinski definition) is 0. The van der Waals surface area contributed by atoms with Gasteiger partial charge in [-0.25, -0.2) is 9.36 Å². The van der Waals surface area contributed by atoms with Gasteiger partial charge < -0.3 is 9.15 Å². The molecule has 74 valence electrons. The fourth-order valence-electron chi connectivity index (χ4n) is 1.59. The Bertz CT molecular complexity index is 592. The van der Waals surface area contributed by atoms with Crippen molar-refractivity contribution in [3.05, 3.63) is 53.0 Å². The lowest BCUT2D eigenvalue weighted by Gasteiger charge is -2.05. The van der Waals surface area contributed by atoms with Crippen molar-refractivity contribution in [1.29, 1.82) is 0 Å². The third kappa shape index (κ3) is 1.11. The molecule has 1 aliphatic heterocycles. The minimum absolute atomic E-state index is 0.410. The molecule has 0 aliphatic carbocycles. The molecule has 0 amide bonds. The van der Waals surface area contributed by atoms with Crippen molar-refractivity contribution < 1.29 is 9.15 Å². The van der Waals surface area contributed by atoms with Crippen molar-refractivity contribution in [2.45, 2.75) is 0 Å². The summed E-state index contributed by atoms with van der Waals surface area (Å²) in [7, 11) is 0. The van der Waals surface area contributed by atoms with Crippen LogP contribution in [0.15, 0.2) is 46.0 Å². The SMILES string of the molecule is O=c1occ2n1-c1ccccc1OC=C2. The van der Waals surface area contributed by atoms with Gasteiger partial charge in [0.1, 0.15) is 6.26 Å². The number of para-hydroxylation sites is 2. The second-order valence-electron chi connectivity index (χ2n) is 3.15. The summed E-state index contributed by atoms with van der Waals surface area (Å²) < 4.78 is 11.7. The van der Waals surface area contributed by atoms with Gasteiger partial charge in [-0.1, -0.05) is 12.1 Å². The molecule has 1 aromatic heterocycles. The van der Waals surface area contributed by atoms with E-state index in [4.69, 9.17) is 9.15 Å². The van der Waals surface area contributed by atoms with Crippen LogP contribution >= 0.6 is 0 Å². The van der Waals surface area contributed by atoms with Gasteiger partial charge in [0.05, 0.1) is 17.6 Å². The van der Waals surface area contributed by atoms with E-state index in [1.165, 1.54) is 17.1 Å². The number of hydrogen-bond acceptors (Lipinski definition) is 3. The zero-order chi connectivity index (χ0) is 10.3. The Kier molecular flexibility index (Phi) is 1.56. The number of fused-ring (bicyclic) bond motifs is 3. The molecule has 0 fully saturated rings. The number of aromatic nitrogens is 1. The minimum Gasteiger partial charge on any atom is -0.463 e. The quantitative estimate of drug-likeness (QED) is 0.652.